The van der Waals surface area contributed by atoms with Crippen LogP contribution in [0.15, 0.2) is 48.5 Å². The van der Waals surface area contributed by atoms with Gasteiger partial charge in [-0.2, -0.15) is 0 Å². The monoisotopic (exact) mass is 310 g/mol. The van der Waals surface area contributed by atoms with Crippen LogP contribution in [-0.4, -0.2) is 19.6 Å². The van der Waals surface area contributed by atoms with Crippen LogP contribution < -0.4 is 10.2 Å². The van der Waals surface area contributed by atoms with Gasteiger partial charge >= 0.3 is 0 Å². The summed E-state index contributed by atoms with van der Waals surface area (Å²) in [6, 6.07) is 18.0. The zero-order valence-corrected chi connectivity index (χ0v) is 14.8. The zero-order valence-electron chi connectivity index (χ0n) is 14.8. The molecule has 2 nitrogen and oxygen atoms in total. The summed E-state index contributed by atoms with van der Waals surface area (Å²) >= 11 is 0. The molecule has 0 bridgehead atoms. The normalized spacial score (nSPS) is 10.7. The Hall–Kier alpha value is -1.80. The van der Waals surface area contributed by atoms with E-state index in [0.29, 0.717) is 0 Å². The summed E-state index contributed by atoms with van der Waals surface area (Å²) in [7, 11) is 0. The molecule has 0 unspecified atom stereocenters. The van der Waals surface area contributed by atoms with Gasteiger partial charge in [-0.25, -0.2) is 0 Å². The largest absolute Gasteiger partial charge is 0.367 e. The van der Waals surface area contributed by atoms with E-state index in [4.69, 9.17) is 0 Å². The van der Waals surface area contributed by atoms with Crippen LogP contribution in [0.4, 0.5) is 5.69 Å². The van der Waals surface area contributed by atoms with Gasteiger partial charge in [0.15, 0.2) is 0 Å². The molecule has 0 radical (unpaired) electrons. The van der Waals surface area contributed by atoms with Crippen molar-refractivity contribution in [3.63, 3.8) is 0 Å². The first-order valence-corrected chi connectivity index (χ1v) is 8.89. The molecule has 0 fully saturated rings. The number of nitrogens with one attached hydrogen (secondary N) is 1. The van der Waals surface area contributed by atoms with Gasteiger partial charge in [-0.05, 0) is 61.7 Å². The zero-order chi connectivity index (χ0) is 16.5. The molecule has 0 aliphatic carbocycles. The van der Waals surface area contributed by atoms with Crippen molar-refractivity contribution in [2.24, 2.45) is 0 Å². The first-order chi connectivity index (χ1) is 11.3. The fourth-order valence-corrected chi connectivity index (χ4v) is 2.80. The second-order valence-corrected chi connectivity index (χ2v) is 5.96. The molecule has 124 valence electrons. The highest BCUT2D eigenvalue weighted by molar-refractivity contribution is 5.49. The SMILES string of the molecule is CCNCCc1ccc(CN(CC)c2cccc(CC)c2)cc1. The summed E-state index contributed by atoms with van der Waals surface area (Å²) in [6.45, 7) is 10.7. The van der Waals surface area contributed by atoms with E-state index in [1.54, 1.807) is 0 Å². The topological polar surface area (TPSA) is 15.3 Å². The maximum atomic E-state index is 3.38. The lowest BCUT2D eigenvalue weighted by Crippen LogP contribution is -2.22. The van der Waals surface area contributed by atoms with Crippen LogP contribution in [0.2, 0.25) is 0 Å². The van der Waals surface area contributed by atoms with Gasteiger partial charge in [0.2, 0.25) is 0 Å². The quantitative estimate of drug-likeness (QED) is 0.689. The summed E-state index contributed by atoms with van der Waals surface area (Å²) in [6.07, 6.45) is 2.19. The third-order valence-electron chi connectivity index (χ3n) is 4.30. The molecular weight excluding hydrogens is 280 g/mol. The molecule has 2 heteroatoms. The standard InChI is InChI=1S/C21H30N2/c1-4-18-8-7-9-21(16-18)23(6-3)17-20-12-10-19(11-13-20)14-15-22-5-2/h7-13,16,22H,4-6,14-15,17H2,1-3H3. The first kappa shape index (κ1) is 17.6. The van der Waals surface area contributed by atoms with Crippen LogP contribution in [0.5, 0.6) is 0 Å². The van der Waals surface area contributed by atoms with Crippen molar-refractivity contribution in [1.29, 1.82) is 0 Å². The van der Waals surface area contributed by atoms with Gasteiger partial charge in [0.25, 0.3) is 0 Å². The van der Waals surface area contributed by atoms with Gasteiger partial charge in [0.05, 0.1) is 0 Å². The van der Waals surface area contributed by atoms with E-state index in [9.17, 15) is 0 Å². The van der Waals surface area contributed by atoms with Crippen molar-refractivity contribution in [1.82, 2.24) is 5.32 Å². The van der Waals surface area contributed by atoms with Crippen molar-refractivity contribution in [2.45, 2.75) is 40.2 Å². The Morgan fingerprint density at radius 3 is 2.26 bits per heavy atom. The lowest BCUT2D eigenvalue weighted by atomic mass is 10.1. The van der Waals surface area contributed by atoms with Crippen LogP contribution in [-0.2, 0) is 19.4 Å². The predicted molar refractivity (Wildman–Crippen MR) is 101 cm³/mol. The molecule has 0 aromatic heterocycles. The molecule has 0 heterocycles. The van der Waals surface area contributed by atoms with Gasteiger partial charge in [0, 0.05) is 18.8 Å². The molecule has 0 spiro atoms. The summed E-state index contributed by atoms with van der Waals surface area (Å²) in [4.78, 5) is 2.44. The third-order valence-corrected chi connectivity index (χ3v) is 4.30. The summed E-state index contributed by atoms with van der Waals surface area (Å²) in [5.74, 6) is 0. The Morgan fingerprint density at radius 2 is 1.61 bits per heavy atom. The number of hydrogen-bond donors (Lipinski definition) is 1. The summed E-state index contributed by atoms with van der Waals surface area (Å²) < 4.78 is 0. The average Bonchev–Trinajstić information content (AvgIpc) is 2.61. The van der Waals surface area contributed by atoms with Crippen molar-refractivity contribution < 1.29 is 0 Å². The fourth-order valence-electron chi connectivity index (χ4n) is 2.80. The maximum absolute atomic E-state index is 3.38. The van der Waals surface area contributed by atoms with Gasteiger partial charge in [-0.3, -0.25) is 0 Å². The third kappa shape index (κ3) is 5.40. The molecular formula is C21H30N2. The molecule has 1 N–H and O–H groups in total. The minimum Gasteiger partial charge on any atom is -0.367 e. The summed E-state index contributed by atoms with van der Waals surface area (Å²) in [5, 5.41) is 3.38. The number of benzene rings is 2. The smallest absolute Gasteiger partial charge is 0.0429 e. The van der Waals surface area contributed by atoms with Crippen molar-refractivity contribution in [3.8, 4) is 0 Å². The highest BCUT2D eigenvalue weighted by Crippen LogP contribution is 2.19. The van der Waals surface area contributed by atoms with E-state index in [1.807, 2.05) is 0 Å². The maximum Gasteiger partial charge on any atom is 0.0429 e. The first-order valence-electron chi connectivity index (χ1n) is 8.89. The van der Waals surface area contributed by atoms with E-state index in [-0.39, 0.29) is 0 Å². The van der Waals surface area contributed by atoms with Crippen LogP contribution in [0, 0.1) is 0 Å². The molecule has 0 saturated carbocycles. The number of nitrogens with zero attached hydrogens (tertiary/aromatic N) is 1. The van der Waals surface area contributed by atoms with Crippen molar-refractivity contribution in [2.75, 3.05) is 24.5 Å². The van der Waals surface area contributed by atoms with Crippen LogP contribution in [0.1, 0.15) is 37.5 Å². The van der Waals surface area contributed by atoms with Crippen molar-refractivity contribution in [3.05, 3.63) is 65.2 Å². The molecule has 0 amide bonds. The second kappa shape index (κ2) is 9.36. The lowest BCUT2D eigenvalue weighted by Gasteiger charge is -2.24. The van der Waals surface area contributed by atoms with E-state index < -0.39 is 0 Å². The van der Waals surface area contributed by atoms with E-state index in [2.05, 4.69) is 79.5 Å². The van der Waals surface area contributed by atoms with Crippen LogP contribution >= 0.6 is 0 Å². The van der Waals surface area contributed by atoms with E-state index >= 15 is 0 Å². The van der Waals surface area contributed by atoms with Crippen LogP contribution in [0.25, 0.3) is 0 Å². The highest BCUT2D eigenvalue weighted by Gasteiger charge is 2.06. The lowest BCUT2D eigenvalue weighted by molar-refractivity contribution is 0.716. The van der Waals surface area contributed by atoms with Gasteiger partial charge in [0.1, 0.15) is 0 Å². The Kier molecular flexibility index (Phi) is 7.15. The number of aryl methyl sites for hydroxylation is 1. The van der Waals surface area contributed by atoms with Crippen LogP contribution in [0.3, 0.4) is 0 Å². The molecule has 0 atom stereocenters. The number of rotatable bonds is 9. The van der Waals surface area contributed by atoms with Gasteiger partial charge < -0.3 is 10.2 Å². The fraction of sp³-hybridized carbons (Fsp3) is 0.429. The minimum absolute atomic E-state index is 0.969. The molecule has 2 aromatic rings. The highest BCUT2D eigenvalue weighted by atomic mass is 15.1. The second-order valence-electron chi connectivity index (χ2n) is 5.96. The average molecular weight is 310 g/mol. The molecule has 2 rings (SSSR count). The molecule has 0 aliphatic heterocycles. The minimum atomic E-state index is 0.969. The molecule has 2 aromatic carbocycles. The predicted octanol–water partition coefficient (Wildman–Crippen LogP) is 4.43. The molecule has 0 saturated heterocycles. The van der Waals surface area contributed by atoms with Gasteiger partial charge in [-0.1, -0.05) is 50.2 Å². The van der Waals surface area contributed by atoms with E-state index in [1.165, 1.54) is 22.4 Å². The Balaban J connectivity index is 2.00. The summed E-state index contributed by atoms with van der Waals surface area (Å²) in [5.41, 5.74) is 5.51. The van der Waals surface area contributed by atoms with Gasteiger partial charge in [-0.15, -0.1) is 0 Å². The van der Waals surface area contributed by atoms with Crippen molar-refractivity contribution >= 4 is 5.69 Å². The van der Waals surface area contributed by atoms with E-state index in [0.717, 1.165) is 39.0 Å². The Bertz CT molecular complexity index is 575. The number of likely N-dealkylation sites (N-methyl/N-ethyl adjacent to an activating group) is 1. The Morgan fingerprint density at radius 1 is 0.870 bits per heavy atom. The molecule has 23 heavy (non-hydrogen) atoms. The molecule has 0 aliphatic rings. The Labute approximate surface area is 141 Å². The number of hydrogen-bond acceptors (Lipinski definition) is 2. The number of anilines is 1.